The van der Waals surface area contributed by atoms with Crippen molar-refractivity contribution < 1.29 is 9.53 Å². The molecule has 1 aromatic carbocycles. The van der Waals surface area contributed by atoms with Gasteiger partial charge in [-0.3, -0.25) is 4.79 Å². The van der Waals surface area contributed by atoms with E-state index in [1.165, 1.54) is 0 Å². The third-order valence-corrected chi connectivity index (χ3v) is 3.53. The average molecular weight is 249 g/mol. The van der Waals surface area contributed by atoms with Crippen molar-refractivity contribution in [3.05, 3.63) is 41.5 Å². The van der Waals surface area contributed by atoms with Crippen LogP contribution in [0.5, 0.6) is 5.75 Å². The Morgan fingerprint density at radius 3 is 2.47 bits per heavy atom. The van der Waals surface area contributed by atoms with Crippen LogP contribution in [-0.2, 0) is 11.3 Å². The van der Waals surface area contributed by atoms with Crippen LogP contribution in [0, 0.1) is 0 Å². The molecule has 1 aromatic rings. The standard InChI is InChI=1S/C13H15NO2S/c1-9-7-12(15)14(13(9)17)8-10-3-5-11(16-2)6-4-10/h3-7,13,17H,8H2,1-2H3. The van der Waals surface area contributed by atoms with Crippen LogP contribution in [0.1, 0.15) is 12.5 Å². The van der Waals surface area contributed by atoms with Crippen LogP contribution in [0.25, 0.3) is 0 Å². The topological polar surface area (TPSA) is 29.5 Å². The number of carbonyl (C=O) groups excluding carboxylic acids is 1. The van der Waals surface area contributed by atoms with E-state index in [0.29, 0.717) is 6.54 Å². The maximum Gasteiger partial charge on any atom is 0.248 e. The molecule has 1 heterocycles. The Morgan fingerprint density at radius 1 is 1.35 bits per heavy atom. The number of hydrogen-bond donors (Lipinski definition) is 1. The number of thiol groups is 1. The quantitative estimate of drug-likeness (QED) is 0.833. The van der Waals surface area contributed by atoms with Gasteiger partial charge in [-0.1, -0.05) is 12.1 Å². The Labute approximate surface area is 106 Å². The summed E-state index contributed by atoms with van der Waals surface area (Å²) in [4.78, 5) is 13.4. The molecule has 0 spiro atoms. The molecule has 0 aromatic heterocycles. The summed E-state index contributed by atoms with van der Waals surface area (Å²) >= 11 is 4.42. The molecule has 1 unspecified atom stereocenters. The van der Waals surface area contributed by atoms with Crippen LogP contribution in [0.3, 0.4) is 0 Å². The molecular formula is C13H15NO2S. The molecule has 0 saturated heterocycles. The number of amides is 1. The van der Waals surface area contributed by atoms with Crippen molar-refractivity contribution in [3.8, 4) is 5.75 Å². The van der Waals surface area contributed by atoms with E-state index in [1.54, 1.807) is 18.1 Å². The molecule has 0 saturated carbocycles. The first-order valence-corrected chi connectivity index (χ1v) is 5.93. The molecule has 3 nitrogen and oxygen atoms in total. The SMILES string of the molecule is COc1ccc(CN2C(=O)C=C(C)C2S)cc1. The van der Waals surface area contributed by atoms with Crippen LogP contribution in [0.2, 0.25) is 0 Å². The lowest BCUT2D eigenvalue weighted by Gasteiger charge is -2.22. The zero-order chi connectivity index (χ0) is 12.4. The molecule has 1 atom stereocenters. The first-order chi connectivity index (χ1) is 8.11. The first kappa shape index (κ1) is 12.0. The van der Waals surface area contributed by atoms with E-state index in [0.717, 1.165) is 16.9 Å². The lowest BCUT2D eigenvalue weighted by molar-refractivity contribution is -0.125. The molecule has 0 bridgehead atoms. The van der Waals surface area contributed by atoms with Crippen LogP contribution in [0.4, 0.5) is 0 Å². The highest BCUT2D eigenvalue weighted by Crippen LogP contribution is 2.24. The summed E-state index contributed by atoms with van der Waals surface area (Å²) in [6.45, 7) is 2.49. The summed E-state index contributed by atoms with van der Waals surface area (Å²) in [5.41, 5.74) is 2.06. The smallest absolute Gasteiger partial charge is 0.248 e. The number of carbonyl (C=O) groups is 1. The van der Waals surface area contributed by atoms with Gasteiger partial charge in [0, 0.05) is 12.6 Å². The second kappa shape index (κ2) is 4.84. The predicted octanol–water partition coefficient (Wildman–Crippen LogP) is 2.24. The van der Waals surface area contributed by atoms with E-state index >= 15 is 0 Å². The van der Waals surface area contributed by atoms with Gasteiger partial charge in [0.2, 0.25) is 5.91 Å². The van der Waals surface area contributed by atoms with Crippen molar-refractivity contribution in [2.75, 3.05) is 7.11 Å². The van der Waals surface area contributed by atoms with Gasteiger partial charge in [-0.2, -0.15) is 0 Å². The van der Waals surface area contributed by atoms with E-state index in [9.17, 15) is 4.79 Å². The molecule has 17 heavy (non-hydrogen) atoms. The molecule has 1 aliphatic rings. The van der Waals surface area contributed by atoms with Crippen molar-refractivity contribution in [3.63, 3.8) is 0 Å². The number of benzene rings is 1. The molecule has 0 aliphatic carbocycles. The van der Waals surface area contributed by atoms with E-state index in [2.05, 4.69) is 12.6 Å². The minimum Gasteiger partial charge on any atom is -0.497 e. The highest BCUT2D eigenvalue weighted by atomic mass is 32.1. The average Bonchev–Trinajstić information content (AvgIpc) is 2.57. The van der Waals surface area contributed by atoms with E-state index < -0.39 is 0 Å². The summed E-state index contributed by atoms with van der Waals surface area (Å²) in [5.74, 6) is 0.844. The third-order valence-electron chi connectivity index (χ3n) is 2.85. The fourth-order valence-electron chi connectivity index (χ4n) is 1.81. The second-order valence-corrected chi connectivity index (χ2v) is 4.57. The third kappa shape index (κ3) is 2.47. The normalized spacial score (nSPS) is 19.5. The summed E-state index contributed by atoms with van der Waals surface area (Å²) in [5, 5.41) is -0.107. The minimum absolute atomic E-state index is 0.0262. The van der Waals surface area contributed by atoms with E-state index in [1.807, 2.05) is 31.2 Å². The number of hydrogen-bond acceptors (Lipinski definition) is 3. The Morgan fingerprint density at radius 2 is 2.00 bits per heavy atom. The Hall–Kier alpha value is -1.42. The fraction of sp³-hybridized carbons (Fsp3) is 0.308. The van der Waals surface area contributed by atoms with Gasteiger partial charge in [-0.25, -0.2) is 0 Å². The van der Waals surface area contributed by atoms with Gasteiger partial charge >= 0.3 is 0 Å². The van der Waals surface area contributed by atoms with Gasteiger partial charge in [-0.15, -0.1) is 12.6 Å². The lowest BCUT2D eigenvalue weighted by atomic mass is 10.2. The summed E-state index contributed by atoms with van der Waals surface area (Å²) in [7, 11) is 1.63. The molecule has 90 valence electrons. The zero-order valence-corrected chi connectivity index (χ0v) is 10.8. The monoisotopic (exact) mass is 249 g/mol. The molecule has 2 rings (SSSR count). The zero-order valence-electron chi connectivity index (χ0n) is 9.88. The maximum absolute atomic E-state index is 11.7. The number of rotatable bonds is 3. The molecule has 1 aliphatic heterocycles. The molecule has 4 heteroatoms. The first-order valence-electron chi connectivity index (χ1n) is 5.41. The van der Waals surface area contributed by atoms with Crippen LogP contribution >= 0.6 is 12.6 Å². The molecular weight excluding hydrogens is 234 g/mol. The summed E-state index contributed by atoms with van der Waals surface area (Å²) in [6.07, 6.45) is 1.64. The lowest BCUT2D eigenvalue weighted by Crippen LogP contribution is -2.30. The maximum atomic E-state index is 11.7. The number of nitrogens with zero attached hydrogens (tertiary/aromatic N) is 1. The Bertz CT molecular complexity index is 453. The molecule has 0 fully saturated rings. The number of ether oxygens (including phenoxy) is 1. The van der Waals surface area contributed by atoms with Crippen molar-refractivity contribution in [2.24, 2.45) is 0 Å². The fourth-order valence-corrected chi connectivity index (χ4v) is 2.08. The van der Waals surface area contributed by atoms with Gasteiger partial charge in [-0.05, 0) is 30.2 Å². The summed E-state index contributed by atoms with van der Waals surface area (Å²) < 4.78 is 5.09. The van der Waals surface area contributed by atoms with Crippen molar-refractivity contribution in [1.82, 2.24) is 4.90 Å². The molecule has 0 radical (unpaired) electrons. The van der Waals surface area contributed by atoms with Gasteiger partial charge in [0.15, 0.2) is 0 Å². The van der Waals surface area contributed by atoms with E-state index in [-0.39, 0.29) is 11.3 Å². The van der Waals surface area contributed by atoms with Crippen molar-refractivity contribution in [1.29, 1.82) is 0 Å². The van der Waals surface area contributed by atoms with Crippen molar-refractivity contribution >= 4 is 18.5 Å². The largest absolute Gasteiger partial charge is 0.497 e. The minimum atomic E-state index is -0.107. The van der Waals surface area contributed by atoms with Gasteiger partial charge in [0.25, 0.3) is 0 Å². The predicted molar refractivity (Wildman–Crippen MR) is 70.1 cm³/mol. The van der Waals surface area contributed by atoms with Crippen LogP contribution in [0.15, 0.2) is 35.9 Å². The second-order valence-electron chi connectivity index (χ2n) is 4.08. The van der Waals surface area contributed by atoms with Crippen molar-refractivity contribution in [2.45, 2.75) is 18.8 Å². The molecule has 0 N–H and O–H groups in total. The van der Waals surface area contributed by atoms with E-state index in [4.69, 9.17) is 4.74 Å². The Balaban J connectivity index is 2.09. The van der Waals surface area contributed by atoms with Gasteiger partial charge < -0.3 is 9.64 Å². The number of methoxy groups -OCH3 is 1. The van der Waals surface area contributed by atoms with Gasteiger partial charge in [0.1, 0.15) is 5.75 Å². The van der Waals surface area contributed by atoms with Crippen LogP contribution in [-0.4, -0.2) is 23.3 Å². The van der Waals surface area contributed by atoms with Crippen LogP contribution < -0.4 is 4.74 Å². The van der Waals surface area contributed by atoms with Gasteiger partial charge in [0.05, 0.1) is 12.5 Å². The Kier molecular flexibility index (Phi) is 3.43. The molecule has 1 amide bonds. The summed E-state index contributed by atoms with van der Waals surface area (Å²) in [6, 6.07) is 7.70. The highest BCUT2D eigenvalue weighted by Gasteiger charge is 2.27. The highest BCUT2D eigenvalue weighted by molar-refractivity contribution is 7.81.